The van der Waals surface area contributed by atoms with Gasteiger partial charge in [-0.25, -0.2) is 0 Å². The molecule has 1 N–H and O–H groups in total. The summed E-state index contributed by atoms with van der Waals surface area (Å²) in [5, 5.41) is 2.25. The van der Waals surface area contributed by atoms with Gasteiger partial charge in [-0.2, -0.15) is 13.2 Å². The lowest BCUT2D eigenvalue weighted by Gasteiger charge is -2.25. The summed E-state index contributed by atoms with van der Waals surface area (Å²) in [4.78, 5) is 27.0. The molecule has 0 saturated heterocycles. The Balaban J connectivity index is 1.60. The number of amides is 2. The van der Waals surface area contributed by atoms with Gasteiger partial charge in [0, 0.05) is 24.9 Å². The summed E-state index contributed by atoms with van der Waals surface area (Å²) in [7, 11) is 1.57. The van der Waals surface area contributed by atoms with E-state index < -0.39 is 17.0 Å². The standard InChI is InChI=1S/C19H17F3N2O2S/c1-24(11-12-6-8-13(9-7-12)19(20,21)22)17(25)10-16-18(26)23-14-4-2-3-5-15(14)27-16/h2-9,16H,10-11H2,1H3,(H,23,26)/t16-/m0/s1. The Morgan fingerprint density at radius 3 is 2.48 bits per heavy atom. The number of anilines is 1. The number of rotatable bonds is 4. The smallest absolute Gasteiger partial charge is 0.341 e. The second-order valence-electron chi connectivity index (χ2n) is 6.24. The summed E-state index contributed by atoms with van der Waals surface area (Å²) in [6, 6.07) is 12.1. The van der Waals surface area contributed by atoms with Crippen molar-refractivity contribution in [3.8, 4) is 0 Å². The predicted molar refractivity (Wildman–Crippen MR) is 97.3 cm³/mol. The number of nitrogens with one attached hydrogen (secondary N) is 1. The Bertz CT molecular complexity index is 853. The first kappa shape index (κ1) is 19.3. The van der Waals surface area contributed by atoms with E-state index in [-0.39, 0.29) is 24.8 Å². The lowest BCUT2D eigenvalue weighted by atomic mass is 10.1. The molecule has 8 heteroatoms. The van der Waals surface area contributed by atoms with Gasteiger partial charge in [0.1, 0.15) is 0 Å². The average Bonchev–Trinajstić information content (AvgIpc) is 2.62. The SMILES string of the molecule is CN(Cc1ccc(C(F)(F)F)cc1)C(=O)C[C@@H]1Sc2ccccc2NC1=O. The minimum atomic E-state index is -4.39. The highest BCUT2D eigenvalue weighted by Gasteiger charge is 2.31. The van der Waals surface area contributed by atoms with Gasteiger partial charge in [-0.3, -0.25) is 9.59 Å². The highest BCUT2D eigenvalue weighted by molar-refractivity contribution is 8.01. The van der Waals surface area contributed by atoms with Gasteiger partial charge < -0.3 is 10.2 Å². The minimum absolute atomic E-state index is 0.0158. The Kier molecular flexibility index (Phi) is 5.46. The molecule has 2 aromatic rings. The van der Waals surface area contributed by atoms with E-state index in [0.29, 0.717) is 5.56 Å². The quantitative estimate of drug-likeness (QED) is 0.847. The van der Waals surface area contributed by atoms with Crippen LogP contribution in [0.3, 0.4) is 0 Å². The zero-order valence-electron chi connectivity index (χ0n) is 14.4. The number of para-hydroxylation sites is 1. The number of alkyl halides is 3. The van der Waals surface area contributed by atoms with Crippen molar-refractivity contribution in [3.05, 3.63) is 59.7 Å². The zero-order valence-corrected chi connectivity index (χ0v) is 15.2. The minimum Gasteiger partial charge on any atom is -0.341 e. The molecule has 3 rings (SSSR count). The van der Waals surface area contributed by atoms with E-state index in [1.807, 2.05) is 18.2 Å². The summed E-state index contributed by atoms with van der Waals surface area (Å²) in [6.07, 6.45) is -4.37. The van der Waals surface area contributed by atoms with Crippen LogP contribution in [-0.2, 0) is 22.3 Å². The van der Waals surface area contributed by atoms with Crippen LogP contribution in [0, 0.1) is 0 Å². The van der Waals surface area contributed by atoms with E-state index in [2.05, 4.69) is 5.32 Å². The molecule has 0 radical (unpaired) electrons. The topological polar surface area (TPSA) is 49.4 Å². The molecule has 0 unspecified atom stereocenters. The van der Waals surface area contributed by atoms with Crippen LogP contribution in [-0.4, -0.2) is 29.0 Å². The Morgan fingerprint density at radius 2 is 1.81 bits per heavy atom. The lowest BCUT2D eigenvalue weighted by molar-refractivity contribution is -0.137. The summed E-state index contributed by atoms with van der Waals surface area (Å²) in [5.41, 5.74) is 0.591. The summed E-state index contributed by atoms with van der Waals surface area (Å²) in [6.45, 7) is 0.173. The molecule has 142 valence electrons. The van der Waals surface area contributed by atoms with Crippen LogP contribution in [0.25, 0.3) is 0 Å². The van der Waals surface area contributed by atoms with E-state index in [1.54, 1.807) is 13.1 Å². The van der Waals surface area contributed by atoms with Gasteiger partial charge in [-0.15, -0.1) is 11.8 Å². The molecule has 4 nitrogen and oxygen atoms in total. The molecule has 2 aromatic carbocycles. The normalized spacial score (nSPS) is 16.4. The second-order valence-corrected chi connectivity index (χ2v) is 7.49. The van der Waals surface area contributed by atoms with E-state index in [4.69, 9.17) is 0 Å². The third-order valence-electron chi connectivity index (χ3n) is 4.19. The van der Waals surface area contributed by atoms with Gasteiger partial charge in [0.2, 0.25) is 11.8 Å². The fourth-order valence-corrected chi connectivity index (χ4v) is 3.80. The van der Waals surface area contributed by atoms with Crippen LogP contribution < -0.4 is 5.32 Å². The van der Waals surface area contributed by atoms with Gasteiger partial charge >= 0.3 is 6.18 Å². The summed E-state index contributed by atoms with van der Waals surface area (Å²) in [5.74, 6) is -0.475. The van der Waals surface area contributed by atoms with E-state index in [9.17, 15) is 22.8 Å². The molecular formula is C19H17F3N2O2S. The van der Waals surface area contributed by atoms with Crippen molar-refractivity contribution in [2.24, 2.45) is 0 Å². The van der Waals surface area contributed by atoms with Crippen LogP contribution >= 0.6 is 11.8 Å². The maximum Gasteiger partial charge on any atom is 0.416 e. The van der Waals surface area contributed by atoms with Gasteiger partial charge in [0.25, 0.3) is 0 Å². The third kappa shape index (κ3) is 4.63. The number of thioether (sulfide) groups is 1. The molecule has 0 fully saturated rings. The number of halogens is 3. The van der Waals surface area contributed by atoms with Gasteiger partial charge in [-0.1, -0.05) is 24.3 Å². The summed E-state index contributed by atoms with van der Waals surface area (Å²) < 4.78 is 37.8. The molecular weight excluding hydrogens is 377 g/mol. The number of nitrogens with zero attached hydrogens (tertiary/aromatic N) is 1. The lowest BCUT2D eigenvalue weighted by Crippen LogP contribution is -2.35. The number of benzene rings is 2. The Hall–Kier alpha value is -2.48. The van der Waals surface area contributed by atoms with Gasteiger partial charge in [0.05, 0.1) is 16.5 Å². The maximum absolute atomic E-state index is 12.6. The third-order valence-corrected chi connectivity index (χ3v) is 5.47. The molecule has 1 atom stereocenters. The fraction of sp³-hybridized carbons (Fsp3) is 0.263. The van der Waals surface area contributed by atoms with E-state index >= 15 is 0 Å². The first-order valence-corrected chi connectivity index (χ1v) is 9.08. The van der Waals surface area contributed by atoms with Crippen molar-refractivity contribution in [1.29, 1.82) is 0 Å². The van der Waals surface area contributed by atoms with Crippen molar-refractivity contribution >= 4 is 29.3 Å². The molecule has 0 aliphatic carbocycles. The Labute approximate surface area is 158 Å². The number of carbonyl (C=O) groups is 2. The molecule has 0 bridgehead atoms. The maximum atomic E-state index is 12.6. The van der Waals surface area contributed by atoms with Crippen LogP contribution in [0.2, 0.25) is 0 Å². The number of hydrogen-bond donors (Lipinski definition) is 1. The predicted octanol–water partition coefficient (Wildman–Crippen LogP) is 4.17. The molecule has 1 heterocycles. The highest BCUT2D eigenvalue weighted by Crippen LogP contribution is 2.36. The van der Waals surface area contributed by atoms with Crippen molar-refractivity contribution in [2.75, 3.05) is 12.4 Å². The van der Waals surface area contributed by atoms with Crippen molar-refractivity contribution < 1.29 is 22.8 Å². The van der Waals surface area contributed by atoms with Crippen molar-refractivity contribution in [1.82, 2.24) is 4.90 Å². The molecule has 1 aliphatic heterocycles. The van der Waals surface area contributed by atoms with E-state index in [1.165, 1.54) is 28.8 Å². The van der Waals surface area contributed by atoms with Gasteiger partial charge in [-0.05, 0) is 29.8 Å². The second kappa shape index (κ2) is 7.64. The van der Waals surface area contributed by atoms with E-state index in [0.717, 1.165) is 22.7 Å². The number of fused-ring (bicyclic) bond motifs is 1. The van der Waals surface area contributed by atoms with Crippen LogP contribution in [0.1, 0.15) is 17.5 Å². The molecule has 0 spiro atoms. The van der Waals surface area contributed by atoms with Gasteiger partial charge in [0.15, 0.2) is 0 Å². The van der Waals surface area contributed by atoms with Crippen LogP contribution in [0.4, 0.5) is 18.9 Å². The van der Waals surface area contributed by atoms with Crippen molar-refractivity contribution in [2.45, 2.75) is 29.3 Å². The largest absolute Gasteiger partial charge is 0.416 e. The molecule has 0 aromatic heterocycles. The monoisotopic (exact) mass is 394 g/mol. The molecule has 27 heavy (non-hydrogen) atoms. The Morgan fingerprint density at radius 1 is 1.15 bits per heavy atom. The number of hydrogen-bond acceptors (Lipinski definition) is 3. The zero-order chi connectivity index (χ0) is 19.6. The number of carbonyl (C=O) groups excluding carboxylic acids is 2. The highest BCUT2D eigenvalue weighted by atomic mass is 32.2. The fourth-order valence-electron chi connectivity index (χ4n) is 2.70. The molecule has 0 saturated carbocycles. The molecule has 1 aliphatic rings. The first-order valence-electron chi connectivity index (χ1n) is 8.20. The average molecular weight is 394 g/mol. The van der Waals surface area contributed by atoms with Crippen LogP contribution in [0.15, 0.2) is 53.4 Å². The summed E-state index contributed by atoms with van der Waals surface area (Å²) >= 11 is 1.34. The first-order chi connectivity index (χ1) is 12.7. The molecule has 2 amide bonds. The van der Waals surface area contributed by atoms with Crippen molar-refractivity contribution in [3.63, 3.8) is 0 Å². The van der Waals surface area contributed by atoms with Crippen LogP contribution in [0.5, 0.6) is 0 Å².